The molecule has 2 aromatic carbocycles. The second-order valence-corrected chi connectivity index (χ2v) is 4.89. The number of phenolic OH excluding ortho intramolecular Hbond substituents is 1. The van der Waals surface area contributed by atoms with Gasteiger partial charge in [0, 0.05) is 13.2 Å². The van der Waals surface area contributed by atoms with Crippen LogP contribution in [0.5, 0.6) is 5.75 Å². The Morgan fingerprint density at radius 2 is 1.90 bits per heavy atom. The van der Waals surface area contributed by atoms with E-state index in [1.54, 1.807) is 22.9 Å². The molecule has 4 heteroatoms. The third-order valence-electron chi connectivity index (χ3n) is 3.43. The molecule has 4 nitrogen and oxygen atoms in total. The molecule has 0 fully saturated rings. The standard InChI is InChI=1S/C17H15NO3/c1-18-10-13(16-14(18)8-5-9-15(16)19)17(20)21-11-12-6-3-2-4-7-12/h2-10,19H,11H2,1H3. The van der Waals surface area contributed by atoms with E-state index in [-0.39, 0.29) is 12.4 Å². The van der Waals surface area contributed by atoms with Crippen molar-refractivity contribution in [2.24, 2.45) is 7.05 Å². The number of fused-ring (bicyclic) bond motifs is 1. The van der Waals surface area contributed by atoms with E-state index in [1.165, 1.54) is 0 Å². The molecule has 0 saturated carbocycles. The SMILES string of the molecule is Cn1cc(C(=O)OCc2ccccc2)c2c(O)cccc21. The van der Waals surface area contributed by atoms with E-state index in [0.717, 1.165) is 11.1 Å². The van der Waals surface area contributed by atoms with E-state index in [0.29, 0.717) is 10.9 Å². The summed E-state index contributed by atoms with van der Waals surface area (Å²) < 4.78 is 7.13. The summed E-state index contributed by atoms with van der Waals surface area (Å²) in [5, 5.41) is 10.5. The number of carbonyl (C=O) groups excluding carboxylic acids is 1. The second kappa shape index (κ2) is 5.32. The highest BCUT2D eigenvalue weighted by Crippen LogP contribution is 2.29. The first-order chi connectivity index (χ1) is 10.2. The van der Waals surface area contributed by atoms with Gasteiger partial charge in [-0.15, -0.1) is 0 Å². The number of esters is 1. The van der Waals surface area contributed by atoms with E-state index in [4.69, 9.17) is 4.74 Å². The number of aromatic nitrogens is 1. The highest BCUT2D eigenvalue weighted by molar-refractivity contribution is 6.06. The molecule has 0 amide bonds. The molecular formula is C17H15NO3. The van der Waals surface area contributed by atoms with Gasteiger partial charge >= 0.3 is 5.97 Å². The summed E-state index contributed by atoms with van der Waals surface area (Å²) in [4.78, 5) is 12.3. The summed E-state index contributed by atoms with van der Waals surface area (Å²) in [6, 6.07) is 14.7. The lowest BCUT2D eigenvalue weighted by atomic mass is 10.1. The van der Waals surface area contributed by atoms with Crippen molar-refractivity contribution < 1.29 is 14.6 Å². The molecule has 0 atom stereocenters. The van der Waals surface area contributed by atoms with Gasteiger partial charge in [-0.25, -0.2) is 4.79 Å². The average molecular weight is 281 g/mol. The molecule has 3 aromatic rings. The van der Waals surface area contributed by atoms with Crippen LogP contribution in [0, 0.1) is 0 Å². The number of ether oxygens (including phenoxy) is 1. The molecule has 1 aromatic heterocycles. The van der Waals surface area contributed by atoms with Crippen molar-refractivity contribution in [3.63, 3.8) is 0 Å². The summed E-state index contributed by atoms with van der Waals surface area (Å²) in [7, 11) is 1.83. The van der Waals surface area contributed by atoms with E-state index in [9.17, 15) is 9.90 Å². The first-order valence-electron chi connectivity index (χ1n) is 6.65. The molecule has 0 bridgehead atoms. The van der Waals surface area contributed by atoms with Gasteiger partial charge in [0.1, 0.15) is 12.4 Å². The van der Waals surface area contributed by atoms with Gasteiger partial charge in [0.15, 0.2) is 0 Å². The highest BCUT2D eigenvalue weighted by atomic mass is 16.5. The van der Waals surface area contributed by atoms with E-state index in [1.807, 2.05) is 43.4 Å². The van der Waals surface area contributed by atoms with Gasteiger partial charge in [-0.2, -0.15) is 0 Å². The van der Waals surface area contributed by atoms with Gasteiger partial charge in [0.05, 0.1) is 16.5 Å². The number of benzene rings is 2. The Bertz CT molecular complexity index is 790. The Morgan fingerprint density at radius 3 is 2.67 bits per heavy atom. The lowest BCUT2D eigenvalue weighted by molar-refractivity contribution is 0.0474. The average Bonchev–Trinajstić information content (AvgIpc) is 2.85. The lowest BCUT2D eigenvalue weighted by Gasteiger charge is -2.04. The molecule has 1 N–H and O–H groups in total. The molecule has 0 unspecified atom stereocenters. The van der Waals surface area contributed by atoms with Crippen molar-refractivity contribution in [3.8, 4) is 5.75 Å². The molecule has 106 valence electrons. The molecule has 0 aliphatic heterocycles. The van der Waals surface area contributed by atoms with Crippen LogP contribution in [0.15, 0.2) is 54.7 Å². The van der Waals surface area contributed by atoms with Crippen LogP contribution in [-0.4, -0.2) is 15.6 Å². The van der Waals surface area contributed by atoms with Crippen molar-refractivity contribution in [2.45, 2.75) is 6.61 Å². The summed E-state index contributed by atoms with van der Waals surface area (Å²) in [6.07, 6.45) is 1.68. The van der Waals surface area contributed by atoms with Gasteiger partial charge in [0.25, 0.3) is 0 Å². The first-order valence-corrected chi connectivity index (χ1v) is 6.65. The third-order valence-corrected chi connectivity index (χ3v) is 3.43. The topological polar surface area (TPSA) is 51.5 Å². The summed E-state index contributed by atoms with van der Waals surface area (Å²) >= 11 is 0. The normalized spacial score (nSPS) is 10.7. The number of hydrogen-bond donors (Lipinski definition) is 1. The predicted octanol–water partition coefficient (Wildman–Crippen LogP) is 3.24. The van der Waals surface area contributed by atoms with Gasteiger partial charge in [-0.3, -0.25) is 0 Å². The zero-order chi connectivity index (χ0) is 14.8. The van der Waals surface area contributed by atoms with Crippen molar-refractivity contribution in [1.29, 1.82) is 0 Å². The Balaban J connectivity index is 1.88. The van der Waals surface area contributed by atoms with Crippen molar-refractivity contribution in [1.82, 2.24) is 4.57 Å². The molecule has 1 heterocycles. The zero-order valence-electron chi connectivity index (χ0n) is 11.6. The maximum atomic E-state index is 12.3. The molecule has 0 aliphatic rings. The van der Waals surface area contributed by atoms with Gasteiger partial charge in [-0.1, -0.05) is 36.4 Å². The minimum atomic E-state index is -0.439. The third kappa shape index (κ3) is 2.48. The zero-order valence-corrected chi connectivity index (χ0v) is 11.6. The van der Waals surface area contributed by atoms with Crippen LogP contribution in [0.25, 0.3) is 10.9 Å². The quantitative estimate of drug-likeness (QED) is 0.750. The second-order valence-electron chi connectivity index (χ2n) is 4.89. The van der Waals surface area contributed by atoms with E-state index in [2.05, 4.69) is 0 Å². The van der Waals surface area contributed by atoms with Crippen LogP contribution < -0.4 is 0 Å². The number of aromatic hydroxyl groups is 1. The van der Waals surface area contributed by atoms with Crippen molar-refractivity contribution in [2.75, 3.05) is 0 Å². The highest BCUT2D eigenvalue weighted by Gasteiger charge is 2.18. The van der Waals surface area contributed by atoms with Gasteiger partial charge in [-0.05, 0) is 17.7 Å². The summed E-state index contributed by atoms with van der Waals surface area (Å²) in [5.74, 6) is -0.356. The largest absolute Gasteiger partial charge is 0.507 e. The fourth-order valence-corrected chi connectivity index (χ4v) is 2.38. The smallest absolute Gasteiger partial charge is 0.340 e. The Labute approximate surface area is 122 Å². The van der Waals surface area contributed by atoms with Gasteiger partial charge in [0.2, 0.25) is 0 Å². The minimum absolute atomic E-state index is 0.0831. The molecule has 0 radical (unpaired) electrons. The van der Waals surface area contributed by atoms with Crippen LogP contribution in [0.3, 0.4) is 0 Å². The Kier molecular flexibility index (Phi) is 3.36. The van der Waals surface area contributed by atoms with Crippen molar-refractivity contribution >= 4 is 16.9 Å². The summed E-state index contributed by atoms with van der Waals surface area (Å²) in [5.41, 5.74) is 2.10. The van der Waals surface area contributed by atoms with E-state index < -0.39 is 5.97 Å². The van der Waals surface area contributed by atoms with Crippen LogP contribution in [0.2, 0.25) is 0 Å². The Hall–Kier alpha value is -2.75. The van der Waals surface area contributed by atoms with Crippen LogP contribution in [0.1, 0.15) is 15.9 Å². The van der Waals surface area contributed by atoms with Crippen LogP contribution in [-0.2, 0) is 18.4 Å². The Morgan fingerprint density at radius 1 is 1.14 bits per heavy atom. The number of nitrogens with zero attached hydrogens (tertiary/aromatic N) is 1. The van der Waals surface area contributed by atoms with Crippen LogP contribution >= 0.6 is 0 Å². The number of hydrogen-bond acceptors (Lipinski definition) is 3. The molecule has 0 aliphatic carbocycles. The maximum absolute atomic E-state index is 12.3. The van der Waals surface area contributed by atoms with Crippen molar-refractivity contribution in [3.05, 3.63) is 65.9 Å². The van der Waals surface area contributed by atoms with Gasteiger partial charge < -0.3 is 14.4 Å². The maximum Gasteiger partial charge on any atom is 0.340 e. The monoisotopic (exact) mass is 281 g/mol. The fraction of sp³-hybridized carbons (Fsp3) is 0.118. The minimum Gasteiger partial charge on any atom is -0.507 e. The number of phenols is 1. The first kappa shape index (κ1) is 13.2. The molecule has 21 heavy (non-hydrogen) atoms. The summed E-state index contributed by atoms with van der Waals surface area (Å²) in [6.45, 7) is 0.212. The molecule has 0 spiro atoms. The molecular weight excluding hydrogens is 266 g/mol. The molecule has 3 rings (SSSR count). The molecule has 0 saturated heterocycles. The number of aryl methyl sites for hydroxylation is 1. The van der Waals surface area contributed by atoms with E-state index >= 15 is 0 Å². The predicted molar refractivity (Wildman–Crippen MR) is 80.1 cm³/mol. The lowest BCUT2D eigenvalue weighted by Crippen LogP contribution is -2.04. The fourth-order valence-electron chi connectivity index (χ4n) is 2.38. The van der Waals surface area contributed by atoms with Crippen LogP contribution in [0.4, 0.5) is 0 Å². The number of carbonyl (C=O) groups is 1. The number of rotatable bonds is 3.